The fourth-order valence-electron chi connectivity index (χ4n) is 5.86. The average Bonchev–Trinajstić information content (AvgIpc) is 3.46. The minimum atomic E-state index is -0.273. The molecule has 4 aliphatic rings. The van der Waals surface area contributed by atoms with Gasteiger partial charge in [-0.25, -0.2) is 0 Å². The van der Waals surface area contributed by atoms with Crippen LogP contribution in [-0.4, -0.2) is 61.0 Å². The standard InChI is InChI=1S/C24H32N2O3/c27-21(25-13-15-29-16-14-25)8-7-20-17-26(18-23(20)9-4-10-23)22(28)24(11-12-24)19-5-2-1-3-6-19/h1-3,5-6,20H,4,7-18H2. The van der Waals surface area contributed by atoms with Crippen molar-refractivity contribution in [1.82, 2.24) is 9.80 Å². The number of morpholine rings is 1. The molecule has 2 heterocycles. The molecule has 1 atom stereocenters. The lowest BCUT2D eigenvalue weighted by atomic mass is 9.62. The van der Waals surface area contributed by atoms with Crippen LogP contribution in [0.5, 0.6) is 0 Å². The topological polar surface area (TPSA) is 49.9 Å². The van der Waals surface area contributed by atoms with Crippen molar-refractivity contribution in [3.05, 3.63) is 35.9 Å². The van der Waals surface area contributed by atoms with E-state index in [2.05, 4.69) is 17.0 Å². The summed E-state index contributed by atoms with van der Waals surface area (Å²) in [6.45, 7) is 4.49. The summed E-state index contributed by atoms with van der Waals surface area (Å²) in [5.41, 5.74) is 1.18. The zero-order valence-corrected chi connectivity index (χ0v) is 17.3. The van der Waals surface area contributed by atoms with Crippen molar-refractivity contribution in [2.75, 3.05) is 39.4 Å². The average molecular weight is 397 g/mol. The summed E-state index contributed by atoms with van der Waals surface area (Å²) in [6, 6.07) is 10.3. The van der Waals surface area contributed by atoms with Gasteiger partial charge in [0.25, 0.3) is 0 Å². The lowest BCUT2D eigenvalue weighted by Crippen LogP contribution is -2.42. The molecule has 5 heteroatoms. The highest BCUT2D eigenvalue weighted by atomic mass is 16.5. The van der Waals surface area contributed by atoms with Gasteiger partial charge in [-0.3, -0.25) is 9.59 Å². The fourth-order valence-corrected chi connectivity index (χ4v) is 5.86. The number of likely N-dealkylation sites (tertiary alicyclic amines) is 1. The first kappa shape index (κ1) is 19.1. The van der Waals surface area contributed by atoms with Crippen molar-refractivity contribution in [2.24, 2.45) is 11.3 Å². The number of benzene rings is 1. The van der Waals surface area contributed by atoms with Crippen LogP contribution in [0.1, 0.15) is 50.5 Å². The van der Waals surface area contributed by atoms with Crippen LogP contribution in [0.4, 0.5) is 0 Å². The van der Waals surface area contributed by atoms with E-state index in [9.17, 15) is 9.59 Å². The van der Waals surface area contributed by atoms with E-state index in [1.165, 1.54) is 24.8 Å². The number of nitrogens with zero attached hydrogens (tertiary/aromatic N) is 2. The summed E-state index contributed by atoms with van der Waals surface area (Å²) < 4.78 is 5.36. The third kappa shape index (κ3) is 3.37. The Balaban J connectivity index is 1.24. The maximum absolute atomic E-state index is 13.5. The SMILES string of the molecule is O=C(CCC1CN(C(=O)C2(c3ccccc3)CC2)CC12CCC2)N1CCOCC1. The van der Waals surface area contributed by atoms with Crippen molar-refractivity contribution >= 4 is 11.8 Å². The predicted molar refractivity (Wildman–Crippen MR) is 110 cm³/mol. The lowest BCUT2D eigenvalue weighted by molar-refractivity contribution is -0.135. The molecule has 0 aromatic heterocycles. The molecule has 0 N–H and O–H groups in total. The van der Waals surface area contributed by atoms with Gasteiger partial charge in [0, 0.05) is 32.6 Å². The largest absolute Gasteiger partial charge is 0.378 e. The van der Waals surface area contributed by atoms with Crippen LogP contribution in [0.15, 0.2) is 30.3 Å². The van der Waals surface area contributed by atoms with Gasteiger partial charge in [-0.2, -0.15) is 0 Å². The predicted octanol–water partition coefficient (Wildman–Crippen LogP) is 2.99. The molecule has 29 heavy (non-hydrogen) atoms. The summed E-state index contributed by atoms with van der Waals surface area (Å²) in [5, 5.41) is 0. The molecular formula is C24H32N2O3. The monoisotopic (exact) mass is 396 g/mol. The van der Waals surface area contributed by atoms with E-state index in [0.717, 1.165) is 45.4 Å². The molecule has 0 bridgehead atoms. The van der Waals surface area contributed by atoms with Crippen LogP contribution in [0, 0.1) is 11.3 Å². The van der Waals surface area contributed by atoms with E-state index in [1.54, 1.807) is 0 Å². The van der Waals surface area contributed by atoms with Gasteiger partial charge in [0.1, 0.15) is 0 Å². The molecule has 0 radical (unpaired) electrons. The highest BCUT2D eigenvalue weighted by Gasteiger charge is 2.58. The Labute approximate surface area is 173 Å². The molecule has 2 saturated carbocycles. The Bertz CT molecular complexity index is 764. The molecular weight excluding hydrogens is 364 g/mol. The summed E-state index contributed by atoms with van der Waals surface area (Å²) in [4.78, 5) is 30.3. The van der Waals surface area contributed by atoms with E-state index in [1.807, 2.05) is 23.1 Å². The molecule has 156 valence electrons. The van der Waals surface area contributed by atoms with E-state index in [-0.39, 0.29) is 16.7 Å². The quantitative estimate of drug-likeness (QED) is 0.769. The van der Waals surface area contributed by atoms with Crippen molar-refractivity contribution in [2.45, 2.75) is 50.4 Å². The van der Waals surface area contributed by atoms with Crippen molar-refractivity contribution in [3.8, 4) is 0 Å². The minimum absolute atomic E-state index is 0.260. The van der Waals surface area contributed by atoms with Crippen LogP contribution in [-0.2, 0) is 19.7 Å². The van der Waals surface area contributed by atoms with E-state index < -0.39 is 0 Å². The molecule has 2 aliphatic carbocycles. The van der Waals surface area contributed by atoms with Crippen molar-refractivity contribution in [1.29, 1.82) is 0 Å². The summed E-state index contributed by atoms with van der Waals surface area (Å²) >= 11 is 0. The molecule has 1 unspecified atom stereocenters. The van der Waals surface area contributed by atoms with Gasteiger partial charge < -0.3 is 14.5 Å². The number of amides is 2. The van der Waals surface area contributed by atoms with Crippen molar-refractivity contribution in [3.63, 3.8) is 0 Å². The fraction of sp³-hybridized carbons (Fsp3) is 0.667. The molecule has 1 aromatic carbocycles. The molecule has 5 nitrogen and oxygen atoms in total. The molecule has 1 aromatic rings. The Morgan fingerprint density at radius 3 is 2.34 bits per heavy atom. The second kappa shape index (κ2) is 7.42. The van der Waals surface area contributed by atoms with Gasteiger partial charge in [0.2, 0.25) is 11.8 Å². The Hall–Kier alpha value is -1.88. The zero-order chi connectivity index (χ0) is 19.9. The van der Waals surface area contributed by atoms with Gasteiger partial charge in [-0.1, -0.05) is 36.8 Å². The van der Waals surface area contributed by atoms with Gasteiger partial charge >= 0.3 is 0 Å². The lowest BCUT2D eigenvalue weighted by Gasteiger charge is -2.43. The Morgan fingerprint density at radius 1 is 1.00 bits per heavy atom. The van der Waals surface area contributed by atoms with Gasteiger partial charge in [-0.15, -0.1) is 0 Å². The summed E-state index contributed by atoms with van der Waals surface area (Å²) in [5.74, 6) is 1.06. The first-order valence-electron chi connectivity index (χ1n) is 11.3. The molecule has 4 fully saturated rings. The highest BCUT2D eigenvalue weighted by molar-refractivity contribution is 5.91. The van der Waals surface area contributed by atoms with E-state index >= 15 is 0 Å². The number of hydrogen-bond donors (Lipinski definition) is 0. The number of rotatable bonds is 5. The third-order valence-electron chi connectivity index (χ3n) is 8.01. The molecule has 1 spiro atoms. The number of hydrogen-bond acceptors (Lipinski definition) is 3. The maximum atomic E-state index is 13.5. The summed E-state index contributed by atoms with van der Waals surface area (Å²) in [6.07, 6.45) is 7.16. The smallest absolute Gasteiger partial charge is 0.233 e. The van der Waals surface area contributed by atoms with Gasteiger partial charge in [0.05, 0.1) is 18.6 Å². The number of carbonyl (C=O) groups is 2. The van der Waals surface area contributed by atoms with Gasteiger partial charge in [0.15, 0.2) is 0 Å². The second-order valence-corrected chi connectivity index (χ2v) is 9.58. The minimum Gasteiger partial charge on any atom is -0.378 e. The highest BCUT2D eigenvalue weighted by Crippen LogP contribution is 2.56. The molecule has 2 amide bonds. The van der Waals surface area contributed by atoms with Crippen LogP contribution in [0.3, 0.4) is 0 Å². The molecule has 2 aliphatic heterocycles. The molecule has 5 rings (SSSR count). The first-order valence-corrected chi connectivity index (χ1v) is 11.3. The number of carbonyl (C=O) groups excluding carboxylic acids is 2. The van der Waals surface area contributed by atoms with E-state index in [0.29, 0.717) is 31.5 Å². The van der Waals surface area contributed by atoms with Crippen LogP contribution in [0.25, 0.3) is 0 Å². The first-order chi connectivity index (χ1) is 14.1. The normalized spacial score (nSPS) is 27.0. The third-order valence-corrected chi connectivity index (χ3v) is 8.01. The zero-order valence-electron chi connectivity index (χ0n) is 17.3. The second-order valence-electron chi connectivity index (χ2n) is 9.58. The summed E-state index contributed by atoms with van der Waals surface area (Å²) in [7, 11) is 0. The number of ether oxygens (including phenoxy) is 1. The van der Waals surface area contributed by atoms with Gasteiger partial charge in [-0.05, 0) is 49.0 Å². The van der Waals surface area contributed by atoms with Crippen LogP contribution >= 0.6 is 0 Å². The Morgan fingerprint density at radius 2 is 1.72 bits per heavy atom. The van der Waals surface area contributed by atoms with Crippen molar-refractivity contribution < 1.29 is 14.3 Å². The van der Waals surface area contributed by atoms with Crippen LogP contribution < -0.4 is 0 Å². The maximum Gasteiger partial charge on any atom is 0.233 e. The van der Waals surface area contributed by atoms with Crippen LogP contribution in [0.2, 0.25) is 0 Å². The molecule has 2 saturated heterocycles. The Kier molecular flexibility index (Phi) is 4.89. The van der Waals surface area contributed by atoms with E-state index in [4.69, 9.17) is 4.74 Å².